The van der Waals surface area contributed by atoms with Crippen molar-refractivity contribution in [2.24, 2.45) is 5.92 Å². The van der Waals surface area contributed by atoms with Gasteiger partial charge in [-0.05, 0) is 18.8 Å². The summed E-state index contributed by atoms with van der Waals surface area (Å²) >= 11 is 0. The van der Waals surface area contributed by atoms with Gasteiger partial charge in [0.1, 0.15) is 0 Å². The summed E-state index contributed by atoms with van der Waals surface area (Å²) in [5.41, 5.74) is 0.222. The van der Waals surface area contributed by atoms with Crippen molar-refractivity contribution in [3.63, 3.8) is 0 Å². The molecule has 0 atom stereocenters. The van der Waals surface area contributed by atoms with Gasteiger partial charge in [-0.3, -0.25) is 4.90 Å². The van der Waals surface area contributed by atoms with Crippen LogP contribution in [0, 0.1) is 5.92 Å². The molecule has 1 saturated carbocycles. The zero-order chi connectivity index (χ0) is 9.31. The molecule has 1 aliphatic heterocycles. The third-order valence-corrected chi connectivity index (χ3v) is 3.60. The first-order valence-corrected chi connectivity index (χ1v) is 5.52. The van der Waals surface area contributed by atoms with Crippen molar-refractivity contribution in [3.05, 3.63) is 0 Å². The summed E-state index contributed by atoms with van der Waals surface area (Å²) in [6.45, 7) is 6.06. The Balaban J connectivity index is 1.83. The van der Waals surface area contributed by atoms with Crippen molar-refractivity contribution in [2.45, 2.75) is 38.2 Å². The highest BCUT2D eigenvalue weighted by molar-refractivity contribution is 4.92. The van der Waals surface area contributed by atoms with Crippen LogP contribution in [0.1, 0.15) is 32.6 Å². The second-order valence-corrected chi connectivity index (χ2v) is 4.89. The van der Waals surface area contributed by atoms with E-state index in [1.165, 1.54) is 45.3 Å². The van der Waals surface area contributed by atoms with Crippen LogP contribution in [0.5, 0.6) is 0 Å². The summed E-state index contributed by atoms with van der Waals surface area (Å²) in [5.74, 6) is 0.912. The molecular formula is C11H21NO. The molecular weight excluding hydrogens is 162 g/mol. The first-order valence-electron chi connectivity index (χ1n) is 5.52. The van der Waals surface area contributed by atoms with Crippen molar-refractivity contribution in [1.82, 2.24) is 4.90 Å². The Morgan fingerprint density at radius 2 is 1.92 bits per heavy atom. The predicted molar refractivity (Wildman–Crippen MR) is 53.8 cm³/mol. The van der Waals surface area contributed by atoms with E-state index in [4.69, 9.17) is 4.74 Å². The summed E-state index contributed by atoms with van der Waals surface area (Å²) in [6, 6.07) is 0. The van der Waals surface area contributed by atoms with Crippen molar-refractivity contribution in [1.29, 1.82) is 0 Å². The molecule has 2 fully saturated rings. The maximum absolute atomic E-state index is 5.70. The lowest BCUT2D eigenvalue weighted by molar-refractivity contribution is -0.0538. The number of nitrogens with zero attached hydrogens (tertiary/aromatic N) is 1. The van der Waals surface area contributed by atoms with Gasteiger partial charge in [0.15, 0.2) is 0 Å². The fourth-order valence-electron chi connectivity index (χ4n) is 2.81. The molecule has 2 nitrogen and oxygen atoms in total. The topological polar surface area (TPSA) is 12.5 Å². The number of rotatable bonds is 3. The van der Waals surface area contributed by atoms with E-state index >= 15 is 0 Å². The molecule has 0 spiro atoms. The van der Waals surface area contributed by atoms with Crippen molar-refractivity contribution in [2.75, 3.05) is 26.7 Å². The fraction of sp³-hybridized carbons (Fsp3) is 1.00. The molecule has 2 heteroatoms. The second kappa shape index (κ2) is 3.58. The third-order valence-electron chi connectivity index (χ3n) is 3.60. The molecule has 13 heavy (non-hydrogen) atoms. The van der Waals surface area contributed by atoms with Crippen LogP contribution in [0.25, 0.3) is 0 Å². The summed E-state index contributed by atoms with van der Waals surface area (Å²) in [5, 5.41) is 0. The Morgan fingerprint density at radius 3 is 2.38 bits per heavy atom. The van der Waals surface area contributed by atoms with Gasteiger partial charge in [-0.25, -0.2) is 0 Å². The molecule has 2 rings (SSSR count). The Kier molecular flexibility index (Phi) is 2.61. The largest absolute Gasteiger partial charge is 0.377 e. The maximum atomic E-state index is 5.70. The number of hydrogen-bond acceptors (Lipinski definition) is 2. The van der Waals surface area contributed by atoms with E-state index in [1.807, 2.05) is 7.11 Å². The molecule has 0 radical (unpaired) electrons. The van der Waals surface area contributed by atoms with Crippen LogP contribution >= 0.6 is 0 Å². The average molecular weight is 183 g/mol. The first-order chi connectivity index (χ1) is 6.24. The lowest BCUT2D eigenvalue weighted by atomic mass is 9.96. The SMILES string of the molecule is COC1(CN2CC(C)C2)CCCC1. The Morgan fingerprint density at radius 1 is 1.31 bits per heavy atom. The van der Waals surface area contributed by atoms with E-state index in [-0.39, 0.29) is 5.60 Å². The molecule has 0 amide bonds. The van der Waals surface area contributed by atoms with E-state index in [2.05, 4.69) is 11.8 Å². The van der Waals surface area contributed by atoms with Crippen LogP contribution in [0.4, 0.5) is 0 Å². The molecule has 0 aromatic carbocycles. The van der Waals surface area contributed by atoms with E-state index in [1.54, 1.807) is 0 Å². The molecule has 0 bridgehead atoms. The molecule has 0 aromatic rings. The smallest absolute Gasteiger partial charge is 0.0805 e. The van der Waals surface area contributed by atoms with Gasteiger partial charge in [0.05, 0.1) is 5.60 Å². The van der Waals surface area contributed by atoms with Gasteiger partial charge in [-0.2, -0.15) is 0 Å². The molecule has 0 N–H and O–H groups in total. The molecule has 1 heterocycles. The van der Waals surface area contributed by atoms with Crippen LogP contribution in [0.3, 0.4) is 0 Å². The Hall–Kier alpha value is -0.0800. The molecule has 2 aliphatic rings. The summed E-state index contributed by atoms with van der Waals surface area (Å²) in [4.78, 5) is 2.54. The maximum Gasteiger partial charge on any atom is 0.0805 e. The quantitative estimate of drug-likeness (QED) is 0.662. The minimum absolute atomic E-state index is 0.222. The molecule has 0 unspecified atom stereocenters. The number of hydrogen-bond donors (Lipinski definition) is 0. The van der Waals surface area contributed by atoms with Gasteiger partial charge in [0.2, 0.25) is 0 Å². The predicted octanol–water partition coefficient (Wildman–Crippen LogP) is 1.90. The van der Waals surface area contributed by atoms with Gasteiger partial charge in [0, 0.05) is 26.7 Å². The number of likely N-dealkylation sites (tertiary alicyclic amines) is 1. The Labute approximate surface area is 81.3 Å². The number of methoxy groups -OCH3 is 1. The zero-order valence-electron chi connectivity index (χ0n) is 8.88. The van der Waals surface area contributed by atoms with Crippen molar-refractivity contribution in [3.8, 4) is 0 Å². The highest BCUT2D eigenvalue weighted by Crippen LogP contribution is 2.34. The second-order valence-electron chi connectivity index (χ2n) is 4.89. The van der Waals surface area contributed by atoms with Crippen LogP contribution in [-0.2, 0) is 4.74 Å². The van der Waals surface area contributed by atoms with Crippen LogP contribution in [0.15, 0.2) is 0 Å². The minimum Gasteiger partial charge on any atom is -0.377 e. The zero-order valence-corrected chi connectivity index (χ0v) is 8.88. The fourth-order valence-corrected chi connectivity index (χ4v) is 2.81. The van der Waals surface area contributed by atoms with E-state index in [0.29, 0.717) is 0 Å². The monoisotopic (exact) mass is 183 g/mol. The normalized spacial score (nSPS) is 29.1. The van der Waals surface area contributed by atoms with Crippen molar-refractivity contribution >= 4 is 0 Å². The van der Waals surface area contributed by atoms with Crippen molar-refractivity contribution < 1.29 is 4.74 Å². The third kappa shape index (κ3) is 1.89. The molecule has 1 aliphatic carbocycles. The van der Waals surface area contributed by atoms with E-state index in [0.717, 1.165) is 5.92 Å². The van der Waals surface area contributed by atoms with Crippen LogP contribution in [-0.4, -0.2) is 37.2 Å². The van der Waals surface area contributed by atoms with Gasteiger partial charge in [-0.1, -0.05) is 19.8 Å². The van der Waals surface area contributed by atoms with Gasteiger partial charge >= 0.3 is 0 Å². The molecule has 76 valence electrons. The Bertz CT molecular complexity index is 169. The lowest BCUT2D eigenvalue weighted by Crippen LogP contribution is -2.52. The van der Waals surface area contributed by atoms with Gasteiger partial charge in [0.25, 0.3) is 0 Å². The highest BCUT2D eigenvalue weighted by atomic mass is 16.5. The van der Waals surface area contributed by atoms with Crippen LogP contribution in [0.2, 0.25) is 0 Å². The van der Waals surface area contributed by atoms with E-state index < -0.39 is 0 Å². The first kappa shape index (κ1) is 9.47. The average Bonchev–Trinajstić information content (AvgIpc) is 2.51. The summed E-state index contributed by atoms with van der Waals surface area (Å²) < 4.78 is 5.70. The summed E-state index contributed by atoms with van der Waals surface area (Å²) in [6.07, 6.45) is 5.26. The molecule has 1 saturated heterocycles. The number of ether oxygens (including phenoxy) is 1. The van der Waals surface area contributed by atoms with Gasteiger partial charge < -0.3 is 4.74 Å². The summed E-state index contributed by atoms with van der Waals surface area (Å²) in [7, 11) is 1.88. The highest BCUT2D eigenvalue weighted by Gasteiger charge is 2.37. The standard InChI is InChI=1S/C11H21NO/c1-10-7-12(8-10)9-11(13-2)5-3-4-6-11/h10H,3-9H2,1-2H3. The lowest BCUT2D eigenvalue weighted by Gasteiger charge is -2.42. The van der Waals surface area contributed by atoms with Gasteiger partial charge in [-0.15, -0.1) is 0 Å². The van der Waals surface area contributed by atoms with E-state index in [9.17, 15) is 0 Å². The van der Waals surface area contributed by atoms with Crippen LogP contribution < -0.4 is 0 Å². The minimum atomic E-state index is 0.222. The molecule has 0 aromatic heterocycles.